The monoisotopic (exact) mass is 427 g/mol. The second-order valence-corrected chi connectivity index (χ2v) is 8.35. The van der Waals surface area contributed by atoms with Crippen molar-refractivity contribution < 1.29 is 19.1 Å². The first-order chi connectivity index (χ1) is 14.7. The van der Waals surface area contributed by atoms with Gasteiger partial charge in [-0.25, -0.2) is 9.78 Å². The first-order valence-corrected chi connectivity index (χ1v) is 10.3. The molecule has 31 heavy (non-hydrogen) atoms. The summed E-state index contributed by atoms with van der Waals surface area (Å²) in [6.45, 7) is 6.07. The molecule has 1 aromatic carbocycles. The van der Waals surface area contributed by atoms with Crippen LogP contribution in [-0.2, 0) is 4.74 Å². The Balaban J connectivity index is 1.77. The number of piperidine rings is 1. The number of hydrogen-bond acceptors (Lipinski definition) is 8. The van der Waals surface area contributed by atoms with Gasteiger partial charge in [-0.15, -0.1) is 0 Å². The summed E-state index contributed by atoms with van der Waals surface area (Å²) in [5, 5.41) is 3.15. The number of methoxy groups -OCH3 is 1. The zero-order chi connectivity index (χ0) is 22.6. The van der Waals surface area contributed by atoms with Crippen molar-refractivity contribution in [2.45, 2.75) is 51.8 Å². The number of carbonyl (C=O) groups excluding carboxylic acids is 2. The summed E-state index contributed by atoms with van der Waals surface area (Å²) in [7, 11) is 1.50. The number of hydrogen-bond donors (Lipinski definition) is 2. The Morgan fingerprint density at radius 1 is 1.19 bits per heavy atom. The van der Waals surface area contributed by atoms with Crippen LogP contribution < -0.4 is 15.8 Å². The van der Waals surface area contributed by atoms with Gasteiger partial charge >= 0.3 is 6.09 Å². The fraction of sp³-hybridized carbons (Fsp3) is 0.455. The maximum atomic E-state index is 12.9. The molecule has 3 N–H and O–H groups in total. The Bertz CT molecular complexity index is 957. The van der Waals surface area contributed by atoms with Gasteiger partial charge in [0.25, 0.3) is 0 Å². The van der Waals surface area contributed by atoms with Crippen LogP contribution in [0.2, 0.25) is 0 Å². The zero-order valence-corrected chi connectivity index (χ0v) is 18.3. The van der Waals surface area contributed by atoms with E-state index in [1.807, 2.05) is 20.8 Å². The Kier molecular flexibility index (Phi) is 6.62. The van der Waals surface area contributed by atoms with Crippen LogP contribution in [0.5, 0.6) is 5.75 Å². The lowest BCUT2D eigenvalue weighted by Gasteiger charge is -2.37. The average Bonchev–Trinajstić information content (AvgIpc) is 2.72. The molecule has 9 nitrogen and oxygen atoms in total. The van der Waals surface area contributed by atoms with E-state index >= 15 is 0 Å². The van der Waals surface area contributed by atoms with Crippen molar-refractivity contribution in [1.82, 2.24) is 14.9 Å². The molecule has 0 spiro atoms. The highest BCUT2D eigenvalue weighted by molar-refractivity contribution is 6.13. The molecule has 1 atom stereocenters. The number of rotatable bonds is 5. The highest BCUT2D eigenvalue weighted by atomic mass is 16.6. The molecule has 0 radical (unpaired) electrons. The summed E-state index contributed by atoms with van der Waals surface area (Å²) < 4.78 is 10.8. The van der Waals surface area contributed by atoms with Gasteiger partial charge in [0.05, 0.1) is 18.2 Å². The molecule has 9 heteroatoms. The number of carbonyl (C=O) groups is 2. The van der Waals surface area contributed by atoms with E-state index in [4.69, 9.17) is 15.2 Å². The van der Waals surface area contributed by atoms with Gasteiger partial charge in [-0.2, -0.15) is 4.98 Å². The number of nitrogens with two attached hydrogens (primary N) is 1. The Morgan fingerprint density at radius 3 is 2.61 bits per heavy atom. The van der Waals surface area contributed by atoms with Crippen LogP contribution in [0.1, 0.15) is 56.0 Å². The number of anilines is 2. The normalized spacial score (nSPS) is 16.5. The smallest absolute Gasteiger partial charge is 0.411 e. The molecule has 166 valence electrons. The van der Waals surface area contributed by atoms with Crippen LogP contribution in [-0.4, -0.2) is 52.2 Å². The minimum Gasteiger partial charge on any atom is -0.496 e. The van der Waals surface area contributed by atoms with Gasteiger partial charge in [0, 0.05) is 12.7 Å². The maximum Gasteiger partial charge on any atom is 0.411 e. The van der Waals surface area contributed by atoms with E-state index in [9.17, 15) is 9.59 Å². The van der Waals surface area contributed by atoms with Gasteiger partial charge in [0.2, 0.25) is 11.7 Å². The van der Waals surface area contributed by atoms with E-state index in [0.29, 0.717) is 17.9 Å². The summed E-state index contributed by atoms with van der Waals surface area (Å²) in [5.74, 6) is 0.418. The van der Waals surface area contributed by atoms with E-state index in [-0.39, 0.29) is 35.4 Å². The number of likely N-dealkylation sites (tertiary alicyclic amines) is 1. The van der Waals surface area contributed by atoms with Crippen LogP contribution >= 0.6 is 0 Å². The first kappa shape index (κ1) is 22.3. The zero-order valence-electron chi connectivity index (χ0n) is 18.3. The van der Waals surface area contributed by atoms with Crippen LogP contribution in [0.15, 0.2) is 30.5 Å². The number of ketones is 1. The molecule has 1 fully saturated rings. The molecule has 0 saturated carbocycles. The third-order valence-electron chi connectivity index (χ3n) is 4.84. The minimum absolute atomic E-state index is 0.0491. The molecule has 1 unspecified atom stereocenters. The van der Waals surface area contributed by atoms with E-state index in [2.05, 4.69) is 15.3 Å². The molecule has 3 rings (SSSR count). The molecule has 1 saturated heterocycles. The molecule has 0 bridgehead atoms. The second-order valence-electron chi connectivity index (χ2n) is 8.35. The Hall–Kier alpha value is -3.36. The lowest BCUT2D eigenvalue weighted by Crippen LogP contribution is -2.49. The standard InChI is InChI=1S/C22H29N5O4/c1-22(2,3)31-21(29)27-12-8-7-11-17(27)25-20-24-13-15(19(23)26-20)18(28)14-9-5-6-10-16(14)30-4/h5-6,9-10,13,17H,7-8,11-12H2,1-4H3,(H3,23,24,25,26). The summed E-state index contributed by atoms with van der Waals surface area (Å²) in [6, 6.07) is 6.89. The third-order valence-corrected chi connectivity index (χ3v) is 4.84. The molecule has 1 aromatic heterocycles. The van der Waals surface area contributed by atoms with Crippen molar-refractivity contribution in [3.8, 4) is 5.75 Å². The second kappa shape index (κ2) is 9.20. The summed E-state index contributed by atoms with van der Waals surface area (Å²) >= 11 is 0. The lowest BCUT2D eigenvalue weighted by molar-refractivity contribution is 0.0129. The predicted molar refractivity (Wildman–Crippen MR) is 117 cm³/mol. The number of ether oxygens (including phenoxy) is 2. The van der Waals surface area contributed by atoms with Crippen molar-refractivity contribution in [3.05, 3.63) is 41.6 Å². The van der Waals surface area contributed by atoms with Gasteiger partial charge in [-0.3, -0.25) is 9.69 Å². The molecule has 1 amide bonds. The van der Waals surface area contributed by atoms with Gasteiger partial charge in [0.1, 0.15) is 23.3 Å². The minimum atomic E-state index is -0.583. The van der Waals surface area contributed by atoms with E-state index in [1.165, 1.54) is 13.3 Å². The van der Waals surface area contributed by atoms with Crippen LogP contribution in [0, 0.1) is 0 Å². The van der Waals surface area contributed by atoms with E-state index < -0.39 is 5.60 Å². The van der Waals surface area contributed by atoms with Gasteiger partial charge in [0.15, 0.2) is 0 Å². The Morgan fingerprint density at radius 2 is 1.94 bits per heavy atom. The predicted octanol–water partition coefficient (Wildman–Crippen LogP) is 3.46. The topological polar surface area (TPSA) is 120 Å². The molecular formula is C22H29N5O4. The Labute approximate surface area is 182 Å². The largest absolute Gasteiger partial charge is 0.496 e. The van der Waals surface area contributed by atoms with Crippen molar-refractivity contribution in [1.29, 1.82) is 0 Å². The average molecular weight is 428 g/mol. The highest BCUT2D eigenvalue weighted by Gasteiger charge is 2.31. The quantitative estimate of drug-likeness (QED) is 0.696. The van der Waals surface area contributed by atoms with E-state index in [0.717, 1.165) is 19.3 Å². The highest BCUT2D eigenvalue weighted by Crippen LogP contribution is 2.25. The van der Waals surface area contributed by atoms with Gasteiger partial charge < -0.3 is 20.5 Å². The maximum absolute atomic E-state index is 12.9. The molecule has 1 aliphatic rings. The van der Waals surface area contributed by atoms with Crippen LogP contribution in [0.4, 0.5) is 16.6 Å². The van der Waals surface area contributed by atoms with Gasteiger partial charge in [-0.1, -0.05) is 12.1 Å². The van der Waals surface area contributed by atoms with Crippen LogP contribution in [0.3, 0.4) is 0 Å². The van der Waals surface area contributed by atoms with Crippen molar-refractivity contribution in [2.24, 2.45) is 0 Å². The number of nitrogen functional groups attached to an aromatic ring is 1. The fourth-order valence-electron chi connectivity index (χ4n) is 3.39. The SMILES string of the molecule is COc1ccccc1C(=O)c1cnc(NC2CCCCN2C(=O)OC(C)(C)C)nc1N. The third kappa shape index (κ3) is 5.42. The number of aromatic nitrogens is 2. The summed E-state index contributed by atoms with van der Waals surface area (Å²) in [4.78, 5) is 35.6. The molecule has 2 aromatic rings. The molecule has 0 aliphatic carbocycles. The number of nitrogens with one attached hydrogen (secondary N) is 1. The fourth-order valence-corrected chi connectivity index (χ4v) is 3.39. The number of para-hydroxylation sites is 1. The van der Waals surface area contributed by atoms with E-state index in [1.54, 1.807) is 29.2 Å². The van der Waals surface area contributed by atoms with Crippen molar-refractivity contribution in [2.75, 3.05) is 24.7 Å². The number of amides is 1. The summed E-state index contributed by atoms with van der Waals surface area (Å²) in [5.41, 5.74) is 6.06. The van der Waals surface area contributed by atoms with Crippen molar-refractivity contribution in [3.63, 3.8) is 0 Å². The van der Waals surface area contributed by atoms with Crippen molar-refractivity contribution >= 4 is 23.6 Å². The molecule has 1 aliphatic heterocycles. The number of nitrogens with zero attached hydrogens (tertiary/aromatic N) is 3. The van der Waals surface area contributed by atoms with Gasteiger partial charge in [-0.05, 0) is 52.2 Å². The first-order valence-electron chi connectivity index (χ1n) is 10.3. The molecule has 2 heterocycles. The molecular weight excluding hydrogens is 398 g/mol. The number of benzene rings is 1. The van der Waals surface area contributed by atoms with Crippen LogP contribution in [0.25, 0.3) is 0 Å². The lowest BCUT2D eigenvalue weighted by atomic mass is 10.0. The summed E-state index contributed by atoms with van der Waals surface area (Å²) in [6.07, 6.45) is 3.26.